The van der Waals surface area contributed by atoms with Gasteiger partial charge in [0.15, 0.2) is 0 Å². The van der Waals surface area contributed by atoms with Crippen LogP contribution in [0.3, 0.4) is 0 Å². The maximum absolute atomic E-state index is 4.45. The molecule has 0 aromatic carbocycles. The van der Waals surface area contributed by atoms with Gasteiger partial charge in [-0.2, -0.15) is 5.10 Å². The second-order valence-corrected chi connectivity index (χ2v) is 6.37. The first-order valence-corrected chi connectivity index (χ1v) is 8.15. The van der Waals surface area contributed by atoms with Crippen LogP contribution in [0, 0.1) is 5.92 Å². The molecule has 2 heterocycles. The van der Waals surface area contributed by atoms with E-state index in [1.807, 2.05) is 6.20 Å². The first kappa shape index (κ1) is 15.5. The Morgan fingerprint density at radius 1 is 1.50 bits per heavy atom. The molecular weight excluding hydrogens is 248 g/mol. The third kappa shape index (κ3) is 4.60. The molecule has 0 radical (unpaired) electrons. The highest BCUT2D eigenvalue weighted by Gasteiger charge is 2.17. The molecule has 0 aliphatic carbocycles. The normalized spacial score (nSPS) is 19.9. The van der Waals surface area contributed by atoms with Gasteiger partial charge in [-0.15, -0.1) is 0 Å². The first-order valence-electron chi connectivity index (χ1n) is 8.15. The lowest BCUT2D eigenvalue weighted by Gasteiger charge is -2.29. The van der Waals surface area contributed by atoms with E-state index >= 15 is 0 Å². The van der Waals surface area contributed by atoms with E-state index in [0.717, 1.165) is 12.5 Å². The molecule has 1 aromatic heterocycles. The van der Waals surface area contributed by atoms with E-state index in [4.69, 9.17) is 0 Å². The summed E-state index contributed by atoms with van der Waals surface area (Å²) >= 11 is 0. The van der Waals surface area contributed by atoms with Crippen molar-refractivity contribution in [2.24, 2.45) is 5.92 Å². The zero-order valence-corrected chi connectivity index (χ0v) is 13.3. The van der Waals surface area contributed by atoms with E-state index in [1.165, 1.54) is 51.0 Å². The van der Waals surface area contributed by atoms with Crippen LogP contribution in [0.15, 0.2) is 12.4 Å². The van der Waals surface area contributed by atoms with Gasteiger partial charge in [0.25, 0.3) is 0 Å². The van der Waals surface area contributed by atoms with Gasteiger partial charge >= 0.3 is 0 Å². The molecule has 0 saturated carbocycles. The highest BCUT2D eigenvalue weighted by molar-refractivity contribution is 5.04. The van der Waals surface area contributed by atoms with Crippen molar-refractivity contribution >= 4 is 0 Å². The minimum absolute atomic E-state index is 0.450. The Morgan fingerprint density at radius 3 is 2.95 bits per heavy atom. The van der Waals surface area contributed by atoms with Crippen molar-refractivity contribution in [3.8, 4) is 0 Å². The third-order valence-corrected chi connectivity index (χ3v) is 4.05. The number of rotatable bonds is 7. The maximum Gasteiger partial charge on any atom is 0.0534 e. The average molecular weight is 278 g/mol. The van der Waals surface area contributed by atoms with Crippen molar-refractivity contribution in [3.63, 3.8) is 0 Å². The smallest absolute Gasteiger partial charge is 0.0534 e. The van der Waals surface area contributed by atoms with E-state index in [0.29, 0.717) is 6.04 Å². The van der Waals surface area contributed by atoms with E-state index < -0.39 is 0 Å². The molecule has 114 valence electrons. The van der Waals surface area contributed by atoms with Crippen LogP contribution >= 0.6 is 0 Å². The molecule has 0 spiro atoms. The molecule has 1 atom stereocenters. The summed E-state index contributed by atoms with van der Waals surface area (Å²) in [6, 6.07) is 0.450. The highest BCUT2D eigenvalue weighted by Crippen LogP contribution is 2.15. The van der Waals surface area contributed by atoms with E-state index in [9.17, 15) is 0 Å². The summed E-state index contributed by atoms with van der Waals surface area (Å²) in [5, 5.41) is 7.98. The largest absolute Gasteiger partial charge is 0.316 e. The quantitative estimate of drug-likeness (QED) is 0.832. The van der Waals surface area contributed by atoms with Gasteiger partial charge in [-0.05, 0) is 58.7 Å². The Balaban J connectivity index is 1.89. The summed E-state index contributed by atoms with van der Waals surface area (Å²) < 4.78 is 2.06. The van der Waals surface area contributed by atoms with E-state index in [1.54, 1.807) is 0 Å². The molecule has 4 nitrogen and oxygen atoms in total. The van der Waals surface area contributed by atoms with Crippen LogP contribution in [0.1, 0.15) is 51.6 Å². The van der Waals surface area contributed by atoms with Crippen molar-refractivity contribution in [3.05, 3.63) is 18.0 Å². The number of hydrogen-bond donors (Lipinski definition) is 1. The predicted molar refractivity (Wildman–Crippen MR) is 83.8 cm³/mol. The fourth-order valence-electron chi connectivity index (χ4n) is 3.00. The molecule has 1 unspecified atom stereocenters. The number of piperidine rings is 1. The Morgan fingerprint density at radius 2 is 2.35 bits per heavy atom. The van der Waals surface area contributed by atoms with Crippen LogP contribution in [0.25, 0.3) is 0 Å². The van der Waals surface area contributed by atoms with Gasteiger partial charge < -0.3 is 5.32 Å². The summed E-state index contributed by atoms with van der Waals surface area (Å²) in [5.74, 6) is 0.815. The summed E-state index contributed by atoms with van der Waals surface area (Å²) in [7, 11) is 0. The minimum atomic E-state index is 0.450. The van der Waals surface area contributed by atoms with Gasteiger partial charge in [0.2, 0.25) is 0 Å². The lowest BCUT2D eigenvalue weighted by molar-refractivity contribution is 0.201. The van der Waals surface area contributed by atoms with Crippen LogP contribution in [0.5, 0.6) is 0 Å². The Hall–Kier alpha value is -0.870. The lowest BCUT2D eigenvalue weighted by atomic mass is 9.99. The fourth-order valence-corrected chi connectivity index (χ4v) is 3.00. The first-order chi connectivity index (χ1) is 9.69. The zero-order chi connectivity index (χ0) is 14.4. The maximum atomic E-state index is 4.45. The second kappa shape index (κ2) is 7.79. The van der Waals surface area contributed by atoms with E-state index in [2.05, 4.69) is 47.0 Å². The van der Waals surface area contributed by atoms with Crippen LogP contribution in [-0.2, 0) is 6.54 Å². The van der Waals surface area contributed by atoms with Gasteiger partial charge in [-0.3, -0.25) is 9.58 Å². The number of nitrogens with zero attached hydrogens (tertiary/aromatic N) is 3. The second-order valence-electron chi connectivity index (χ2n) is 6.37. The zero-order valence-electron chi connectivity index (χ0n) is 13.3. The van der Waals surface area contributed by atoms with Gasteiger partial charge in [-0.1, -0.05) is 6.92 Å². The molecule has 1 fully saturated rings. The molecule has 20 heavy (non-hydrogen) atoms. The molecule has 1 aromatic rings. The molecule has 1 N–H and O–H groups in total. The van der Waals surface area contributed by atoms with Gasteiger partial charge in [-0.25, -0.2) is 0 Å². The summed E-state index contributed by atoms with van der Waals surface area (Å²) in [4.78, 5) is 2.60. The van der Waals surface area contributed by atoms with Crippen LogP contribution in [0.4, 0.5) is 0 Å². The number of aromatic nitrogens is 2. The van der Waals surface area contributed by atoms with E-state index in [-0.39, 0.29) is 0 Å². The van der Waals surface area contributed by atoms with Crippen LogP contribution < -0.4 is 5.32 Å². The van der Waals surface area contributed by atoms with Crippen molar-refractivity contribution in [2.75, 3.05) is 26.2 Å². The van der Waals surface area contributed by atoms with Crippen LogP contribution in [0.2, 0.25) is 0 Å². The van der Waals surface area contributed by atoms with Gasteiger partial charge in [0.1, 0.15) is 0 Å². The molecule has 0 bridgehead atoms. The Labute approximate surface area is 123 Å². The van der Waals surface area contributed by atoms with Crippen LogP contribution in [-0.4, -0.2) is 40.9 Å². The topological polar surface area (TPSA) is 33.1 Å². The standard InChI is InChI=1S/C16H30N4/c1-4-8-19(11-15-6-5-7-17-9-15)12-16-10-18-20(13-16)14(2)3/h10,13-15,17H,4-9,11-12H2,1-3H3. The summed E-state index contributed by atoms with van der Waals surface area (Å²) in [5.41, 5.74) is 1.34. The summed E-state index contributed by atoms with van der Waals surface area (Å²) in [6.45, 7) is 12.4. The van der Waals surface area contributed by atoms with Crippen molar-refractivity contribution in [2.45, 2.75) is 52.6 Å². The molecule has 1 aliphatic rings. The monoisotopic (exact) mass is 278 g/mol. The van der Waals surface area contributed by atoms with Gasteiger partial charge in [0.05, 0.1) is 6.20 Å². The number of nitrogens with one attached hydrogen (secondary N) is 1. The highest BCUT2D eigenvalue weighted by atomic mass is 15.3. The average Bonchev–Trinajstić information content (AvgIpc) is 2.89. The lowest BCUT2D eigenvalue weighted by Crippen LogP contribution is -2.38. The number of hydrogen-bond acceptors (Lipinski definition) is 3. The fraction of sp³-hybridized carbons (Fsp3) is 0.812. The molecule has 0 amide bonds. The predicted octanol–water partition coefficient (Wildman–Crippen LogP) is 2.68. The van der Waals surface area contributed by atoms with Crippen molar-refractivity contribution < 1.29 is 0 Å². The van der Waals surface area contributed by atoms with Crippen molar-refractivity contribution in [1.82, 2.24) is 20.0 Å². The molecule has 1 aliphatic heterocycles. The molecular formula is C16H30N4. The van der Waals surface area contributed by atoms with Gasteiger partial charge in [0, 0.05) is 30.9 Å². The third-order valence-electron chi connectivity index (χ3n) is 4.05. The molecule has 4 heteroatoms. The Kier molecular flexibility index (Phi) is 6.05. The SMILES string of the molecule is CCCN(Cc1cnn(C(C)C)c1)CC1CCCNC1. The molecule has 2 rings (SSSR count). The Bertz CT molecular complexity index is 380. The molecule has 1 saturated heterocycles. The van der Waals surface area contributed by atoms with Crippen molar-refractivity contribution in [1.29, 1.82) is 0 Å². The summed E-state index contributed by atoms with van der Waals surface area (Å²) in [6.07, 6.45) is 8.15. The minimum Gasteiger partial charge on any atom is -0.316 e.